The standard InChI is InChI=1S/C16H18ClNO4.ClH/c1-21-6-5-18-8-12-14(19)13(17)7-11-9-3-2-4-10(9)16(20)22-15(11)12;/h7,18-19H,2-6,8H2,1H3;1H. The van der Waals surface area contributed by atoms with Crippen molar-refractivity contribution in [3.05, 3.63) is 38.2 Å². The molecular formula is C16H19Cl2NO4. The van der Waals surface area contributed by atoms with Crippen LogP contribution in [0.2, 0.25) is 5.02 Å². The molecular weight excluding hydrogens is 341 g/mol. The van der Waals surface area contributed by atoms with E-state index in [0.29, 0.717) is 24.3 Å². The molecule has 0 radical (unpaired) electrons. The zero-order chi connectivity index (χ0) is 15.7. The summed E-state index contributed by atoms with van der Waals surface area (Å²) in [7, 11) is 1.63. The maximum atomic E-state index is 12.3. The van der Waals surface area contributed by atoms with Gasteiger partial charge in [-0.1, -0.05) is 17.4 Å². The first-order valence-corrected chi connectivity index (χ1v) is 7.78. The molecule has 2 aromatic rings. The van der Waals surface area contributed by atoms with E-state index in [2.05, 4.69) is 0 Å². The number of nitrogens with two attached hydrogens (primary N) is 1. The summed E-state index contributed by atoms with van der Waals surface area (Å²) in [6.07, 6.45) is 2.50. The van der Waals surface area contributed by atoms with E-state index in [1.165, 1.54) is 0 Å². The van der Waals surface area contributed by atoms with Crippen molar-refractivity contribution in [3.63, 3.8) is 0 Å². The molecule has 0 atom stereocenters. The number of halogens is 2. The Kier molecular flexibility index (Phi) is 5.92. The van der Waals surface area contributed by atoms with E-state index >= 15 is 0 Å². The van der Waals surface area contributed by atoms with E-state index in [9.17, 15) is 9.90 Å². The molecule has 0 saturated heterocycles. The van der Waals surface area contributed by atoms with E-state index in [1.807, 2.05) is 5.32 Å². The highest BCUT2D eigenvalue weighted by atomic mass is 35.5. The summed E-state index contributed by atoms with van der Waals surface area (Å²) in [5, 5.41) is 15.3. The summed E-state index contributed by atoms with van der Waals surface area (Å²) in [5.74, 6) is -0.260. The predicted molar refractivity (Wildman–Crippen MR) is 88.6 cm³/mol. The molecule has 5 nitrogen and oxygen atoms in total. The minimum atomic E-state index is -0.320. The number of fused-ring (bicyclic) bond motifs is 3. The Labute approximate surface area is 145 Å². The molecule has 1 aliphatic carbocycles. The van der Waals surface area contributed by atoms with Crippen molar-refractivity contribution in [2.24, 2.45) is 0 Å². The number of methoxy groups -OCH3 is 1. The Bertz CT molecular complexity index is 773. The number of hydrogen-bond acceptors (Lipinski definition) is 4. The Hall–Kier alpha value is -1.27. The highest BCUT2D eigenvalue weighted by Gasteiger charge is 2.22. The topological polar surface area (TPSA) is 79.1 Å². The third-order valence-electron chi connectivity index (χ3n) is 4.14. The first-order valence-electron chi connectivity index (χ1n) is 7.41. The van der Waals surface area contributed by atoms with Crippen molar-refractivity contribution >= 4 is 35.0 Å². The van der Waals surface area contributed by atoms with Gasteiger partial charge in [0.05, 0.1) is 13.2 Å². The molecule has 0 aliphatic heterocycles. The molecule has 0 fully saturated rings. The second-order valence-electron chi connectivity index (χ2n) is 5.52. The van der Waals surface area contributed by atoms with E-state index in [0.717, 1.165) is 42.3 Å². The minimum absolute atomic E-state index is 0. The maximum Gasteiger partial charge on any atom is 0.339 e. The molecule has 1 aromatic carbocycles. The number of ether oxygens (including phenoxy) is 1. The summed E-state index contributed by atoms with van der Waals surface area (Å²) in [5.41, 5.74) is 2.27. The molecule has 1 aliphatic rings. The second kappa shape index (κ2) is 7.53. The molecule has 7 heteroatoms. The van der Waals surface area contributed by atoms with Crippen molar-refractivity contribution in [3.8, 4) is 5.75 Å². The molecule has 126 valence electrons. The highest BCUT2D eigenvalue weighted by molar-refractivity contribution is 6.33. The molecule has 1 heterocycles. The van der Waals surface area contributed by atoms with Gasteiger partial charge in [0, 0.05) is 28.6 Å². The number of rotatable bonds is 5. The van der Waals surface area contributed by atoms with Gasteiger partial charge in [0.1, 0.15) is 12.1 Å². The molecule has 0 unspecified atom stereocenters. The zero-order valence-electron chi connectivity index (χ0n) is 12.8. The van der Waals surface area contributed by atoms with E-state index in [4.69, 9.17) is 20.8 Å². The third kappa shape index (κ3) is 3.33. The van der Waals surface area contributed by atoms with Crippen LogP contribution in [-0.2, 0) is 24.1 Å². The maximum absolute atomic E-state index is 12.3. The van der Waals surface area contributed by atoms with Crippen LogP contribution in [-0.4, -0.2) is 20.3 Å². The molecule has 0 saturated carbocycles. The smallest absolute Gasteiger partial charge is 0.339 e. The van der Waals surface area contributed by atoms with Crippen LogP contribution in [0.15, 0.2) is 15.3 Å². The van der Waals surface area contributed by atoms with Crippen molar-refractivity contribution in [1.82, 2.24) is 0 Å². The van der Waals surface area contributed by atoms with Crippen molar-refractivity contribution in [2.45, 2.75) is 25.8 Å². The first-order chi connectivity index (χ1) is 10.6. The molecule has 0 spiro atoms. The van der Waals surface area contributed by atoms with Gasteiger partial charge >= 0.3 is 5.63 Å². The second-order valence-corrected chi connectivity index (χ2v) is 5.92. The Morgan fingerprint density at radius 3 is 2.87 bits per heavy atom. The summed E-state index contributed by atoms with van der Waals surface area (Å²) in [4.78, 5) is 12.1. The number of aryl methyl sites for hydroxylation is 1. The largest absolute Gasteiger partial charge is 0.871 e. The van der Waals surface area contributed by atoms with Crippen LogP contribution in [0.4, 0.5) is 0 Å². The van der Waals surface area contributed by atoms with Crippen LogP contribution >= 0.6 is 24.0 Å². The number of benzene rings is 1. The highest BCUT2D eigenvalue weighted by Crippen LogP contribution is 2.36. The molecule has 3 rings (SSSR count). The number of hydrogen-bond donors (Lipinski definition) is 1. The van der Waals surface area contributed by atoms with Crippen molar-refractivity contribution < 1.29 is 19.6 Å². The Morgan fingerprint density at radius 2 is 2.13 bits per heavy atom. The molecule has 1 aromatic heterocycles. The van der Waals surface area contributed by atoms with Crippen LogP contribution in [0, 0.1) is 0 Å². The lowest BCUT2D eigenvalue weighted by molar-refractivity contribution is -0.672. The molecule has 23 heavy (non-hydrogen) atoms. The van der Waals surface area contributed by atoms with E-state index in [1.54, 1.807) is 13.2 Å². The fourth-order valence-electron chi connectivity index (χ4n) is 3.06. The normalized spacial score (nSPS) is 13.1. The lowest BCUT2D eigenvalue weighted by atomic mass is 10.0. The SMILES string of the molecule is COCC[NH2+]Cc1c([O-])c(Cl)cc2c3c(c(=O)oc12)CCC3.Cl. The van der Waals surface area contributed by atoms with Gasteiger partial charge in [0.2, 0.25) is 0 Å². The number of quaternary nitrogens is 1. The van der Waals surface area contributed by atoms with Crippen LogP contribution in [0.5, 0.6) is 5.75 Å². The van der Waals surface area contributed by atoms with Gasteiger partial charge in [0.15, 0.2) is 0 Å². The fourth-order valence-corrected chi connectivity index (χ4v) is 3.29. The van der Waals surface area contributed by atoms with Gasteiger partial charge in [0.25, 0.3) is 0 Å². The minimum Gasteiger partial charge on any atom is -0.871 e. The lowest BCUT2D eigenvalue weighted by Crippen LogP contribution is -2.83. The first kappa shape index (κ1) is 18.1. The van der Waals surface area contributed by atoms with Gasteiger partial charge in [-0.05, 0) is 30.9 Å². The summed E-state index contributed by atoms with van der Waals surface area (Å²) in [6.45, 7) is 1.73. The summed E-state index contributed by atoms with van der Waals surface area (Å²) < 4.78 is 10.5. The van der Waals surface area contributed by atoms with Gasteiger partial charge in [-0.3, -0.25) is 0 Å². The Balaban J connectivity index is 0.00000192. The van der Waals surface area contributed by atoms with Crippen LogP contribution < -0.4 is 16.0 Å². The van der Waals surface area contributed by atoms with Crippen molar-refractivity contribution in [2.75, 3.05) is 20.3 Å². The van der Waals surface area contributed by atoms with Gasteiger partial charge in [-0.2, -0.15) is 0 Å². The fraction of sp³-hybridized carbons (Fsp3) is 0.438. The predicted octanol–water partition coefficient (Wildman–Crippen LogP) is 1.14. The Morgan fingerprint density at radius 1 is 1.39 bits per heavy atom. The van der Waals surface area contributed by atoms with Crippen LogP contribution in [0.25, 0.3) is 11.0 Å². The van der Waals surface area contributed by atoms with Gasteiger partial charge < -0.3 is 19.6 Å². The summed E-state index contributed by atoms with van der Waals surface area (Å²) >= 11 is 6.10. The quantitative estimate of drug-likeness (QED) is 0.641. The van der Waals surface area contributed by atoms with Gasteiger partial charge in [-0.25, -0.2) is 4.79 Å². The van der Waals surface area contributed by atoms with Gasteiger partial charge in [-0.15, -0.1) is 12.4 Å². The van der Waals surface area contributed by atoms with Crippen molar-refractivity contribution in [1.29, 1.82) is 0 Å². The third-order valence-corrected chi connectivity index (χ3v) is 4.42. The van der Waals surface area contributed by atoms with E-state index in [-0.39, 0.29) is 28.8 Å². The van der Waals surface area contributed by atoms with E-state index < -0.39 is 0 Å². The molecule has 0 bridgehead atoms. The monoisotopic (exact) mass is 359 g/mol. The lowest BCUT2D eigenvalue weighted by Gasteiger charge is -2.17. The van der Waals surface area contributed by atoms with Crippen LogP contribution in [0.1, 0.15) is 23.1 Å². The molecule has 0 amide bonds. The average Bonchev–Trinajstić information content (AvgIpc) is 2.99. The zero-order valence-corrected chi connectivity index (χ0v) is 14.4. The van der Waals surface area contributed by atoms with Crippen LogP contribution in [0.3, 0.4) is 0 Å². The average molecular weight is 360 g/mol. The molecule has 2 N–H and O–H groups in total. The summed E-state index contributed by atoms with van der Waals surface area (Å²) in [6, 6.07) is 1.64.